The van der Waals surface area contributed by atoms with E-state index in [1.165, 1.54) is 25.7 Å². The number of aliphatic carboxylic acids is 1. The summed E-state index contributed by atoms with van der Waals surface area (Å²) in [6, 6.07) is 0.528. The van der Waals surface area contributed by atoms with Gasteiger partial charge in [-0.15, -0.1) is 0 Å². The maximum absolute atomic E-state index is 11.8. The highest BCUT2D eigenvalue weighted by atomic mass is 16.4. The van der Waals surface area contributed by atoms with Crippen molar-refractivity contribution in [1.82, 2.24) is 4.90 Å². The molecule has 0 bridgehead atoms. The summed E-state index contributed by atoms with van der Waals surface area (Å²) in [5, 5.41) is 9.71. The smallest absolute Gasteiger partial charge is 0.324 e. The summed E-state index contributed by atoms with van der Waals surface area (Å²) in [5.41, 5.74) is -0.540. The van der Waals surface area contributed by atoms with E-state index in [-0.39, 0.29) is 0 Å². The Labute approximate surface area is 111 Å². The summed E-state index contributed by atoms with van der Waals surface area (Å²) in [6.45, 7) is 5.35. The van der Waals surface area contributed by atoms with Gasteiger partial charge in [0, 0.05) is 6.04 Å². The van der Waals surface area contributed by atoms with E-state index in [2.05, 4.69) is 18.7 Å². The van der Waals surface area contributed by atoms with Gasteiger partial charge in [0.2, 0.25) is 0 Å². The predicted molar refractivity (Wildman–Crippen MR) is 72.6 cm³/mol. The maximum atomic E-state index is 11.8. The third-order valence-electron chi connectivity index (χ3n) is 5.13. The van der Waals surface area contributed by atoms with Gasteiger partial charge in [-0.2, -0.15) is 0 Å². The van der Waals surface area contributed by atoms with E-state index >= 15 is 0 Å². The van der Waals surface area contributed by atoms with Gasteiger partial charge in [-0.3, -0.25) is 9.69 Å². The average molecular weight is 253 g/mol. The van der Waals surface area contributed by atoms with E-state index < -0.39 is 11.5 Å². The molecule has 0 amide bonds. The van der Waals surface area contributed by atoms with Crippen LogP contribution in [0, 0.1) is 5.92 Å². The van der Waals surface area contributed by atoms with Crippen molar-refractivity contribution >= 4 is 5.97 Å². The van der Waals surface area contributed by atoms with Crippen LogP contribution in [0.2, 0.25) is 0 Å². The van der Waals surface area contributed by atoms with Gasteiger partial charge in [-0.25, -0.2) is 0 Å². The van der Waals surface area contributed by atoms with Gasteiger partial charge in [0.15, 0.2) is 0 Å². The Morgan fingerprint density at radius 1 is 1.39 bits per heavy atom. The lowest BCUT2D eigenvalue weighted by Crippen LogP contribution is -2.54. The molecular formula is C15H27NO2. The number of hydrogen-bond acceptors (Lipinski definition) is 2. The van der Waals surface area contributed by atoms with E-state index in [0.717, 1.165) is 38.1 Å². The van der Waals surface area contributed by atoms with Crippen molar-refractivity contribution in [1.29, 1.82) is 0 Å². The first-order valence-electron chi connectivity index (χ1n) is 7.64. The second-order valence-corrected chi connectivity index (χ2v) is 6.12. The summed E-state index contributed by atoms with van der Waals surface area (Å²) >= 11 is 0. The van der Waals surface area contributed by atoms with Gasteiger partial charge in [-0.1, -0.05) is 26.7 Å². The molecule has 1 saturated carbocycles. The van der Waals surface area contributed by atoms with E-state index in [4.69, 9.17) is 0 Å². The van der Waals surface area contributed by atoms with Gasteiger partial charge >= 0.3 is 5.97 Å². The van der Waals surface area contributed by atoms with Gasteiger partial charge < -0.3 is 5.11 Å². The molecule has 3 nitrogen and oxygen atoms in total. The van der Waals surface area contributed by atoms with Crippen molar-refractivity contribution in [3.63, 3.8) is 0 Å². The number of carbonyl (C=O) groups is 1. The molecule has 1 aliphatic heterocycles. The molecule has 3 atom stereocenters. The van der Waals surface area contributed by atoms with Crippen molar-refractivity contribution in [2.24, 2.45) is 5.92 Å². The fraction of sp³-hybridized carbons (Fsp3) is 0.933. The van der Waals surface area contributed by atoms with Crippen LogP contribution in [0.25, 0.3) is 0 Å². The molecule has 0 aromatic rings. The monoisotopic (exact) mass is 253 g/mol. The Balaban J connectivity index is 2.13. The molecule has 0 aromatic heterocycles. The Kier molecular flexibility index (Phi) is 4.31. The number of carboxylic acids is 1. The van der Waals surface area contributed by atoms with Crippen LogP contribution in [0.4, 0.5) is 0 Å². The lowest BCUT2D eigenvalue weighted by Gasteiger charge is -2.39. The Hall–Kier alpha value is -0.570. The quantitative estimate of drug-likeness (QED) is 0.817. The fourth-order valence-electron chi connectivity index (χ4n) is 4.15. The summed E-state index contributed by atoms with van der Waals surface area (Å²) in [7, 11) is 0. The van der Waals surface area contributed by atoms with Crippen LogP contribution in [0.1, 0.15) is 65.2 Å². The summed E-state index contributed by atoms with van der Waals surface area (Å²) in [5.74, 6) is 0.241. The molecule has 0 aromatic carbocycles. The molecule has 1 aliphatic carbocycles. The van der Waals surface area contributed by atoms with Crippen LogP contribution in [0.5, 0.6) is 0 Å². The van der Waals surface area contributed by atoms with E-state index in [9.17, 15) is 9.90 Å². The minimum Gasteiger partial charge on any atom is -0.480 e. The van der Waals surface area contributed by atoms with Crippen molar-refractivity contribution in [2.75, 3.05) is 6.54 Å². The molecule has 18 heavy (non-hydrogen) atoms. The van der Waals surface area contributed by atoms with Crippen LogP contribution in [-0.4, -0.2) is 34.1 Å². The minimum absolute atomic E-state index is 0.528. The second-order valence-electron chi connectivity index (χ2n) is 6.12. The molecule has 2 rings (SSSR count). The Morgan fingerprint density at radius 2 is 2.17 bits per heavy atom. The molecule has 0 radical (unpaired) electrons. The van der Waals surface area contributed by atoms with Crippen molar-refractivity contribution < 1.29 is 9.90 Å². The van der Waals surface area contributed by atoms with Crippen LogP contribution in [0.15, 0.2) is 0 Å². The summed E-state index contributed by atoms with van der Waals surface area (Å²) in [6.07, 6.45) is 8.65. The molecule has 104 valence electrons. The Morgan fingerprint density at radius 3 is 2.72 bits per heavy atom. The fourth-order valence-corrected chi connectivity index (χ4v) is 4.15. The van der Waals surface area contributed by atoms with E-state index in [1.807, 2.05) is 0 Å². The standard InChI is InChI=1S/C15H27NO2/c1-3-8-15(14(17)18)9-5-10-16(15)13-7-6-12(4-2)11-13/h12-13H,3-11H2,1-2H3,(H,17,18). The highest BCUT2D eigenvalue weighted by Crippen LogP contribution is 2.41. The summed E-state index contributed by atoms with van der Waals surface area (Å²) in [4.78, 5) is 14.1. The normalized spacial score (nSPS) is 37.2. The van der Waals surface area contributed by atoms with Crippen molar-refractivity contribution in [2.45, 2.75) is 76.8 Å². The van der Waals surface area contributed by atoms with E-state index in [0.29, 0.717) is 6.04 Å². The largest absolute Gasteiger partial charge is 0.480 e. The van der Waals surface area contributed by atoms with Gasteiger partial charge in [0.1, 0.15) is 5.54 Å². The zero-order chi connectivity index (χ0) is 13.2. The first-order valence-corrected chi connectivity index (χ1v) is 7.64. The molecular weight excluding hydrogens is 226 g/mol. The molecule has 2 aliphatic rings. The lowest BCUT2D eigenvalue weighted by atomic mass is 9.89. The topological polar surface area (TPSA) is 40.5 Å². The molecule has 1 heterocycles. The lowest BCUT2D eigenvalue weighted by molar-refractivity contribution is -0.151. The first-order chi connectivity index (χ1) is 8.64. The third kappa shape index (κ3) is 2.29. The van der Waals surface area contributed by atoms with Crippen LogP contribution >= 0.6 is 0 Å². The zero-order valence-electron chi connectivity index (χ0n) is 11.8. The average Bonchev–Trinajstić information content (AvgIpc) is 2.95. The van der Waals surface area contributed by atoms with Gasteiger partial charge in [-0.05, 0) is 51.0 Å². The SMILES string of the molecule is CCCC1(C(=O)O)CCCN1C1CCC(CC)C1. The molecule has 2 fully saturated rings. The number of likely N-dealkylation sites (tertiary alicyclic amines) is 1. The highest BCUT2D eigenvalue weighted by molar-refractivity contribution is 5.79. The zero-order valence-corrected chi connectivity index (χ0v) is 11.8. The summed E-state index contributed by atoms with van der Waals surface area (Å²) < 4.78 is 0. The maximum Gasteiger partial charge on any atom is 0.324 e. The van der Waals surface area contributed by atoms with Crippen molar-refractivity contribution in [3.05, 3.63) is 0 Å². The molecule has 3 heteroatoms. The number of hydrogen-bond donors (Lipinski definition) is 1. The van der Waals surface area contributed by atoms with Gasteiger partial charge in [0.05, 0.1) is 0 Å². The number of nitrogens with zero attached hydrogens (tertiary/aromatic N) is 1. The number of carboxylic acid groups (broad SMARTS) is 1. The minimum atomic E-state index is -0.582. The molecule has 3 unspecified atom stereocenters. The van der Waals surface area contributed by atoms with Crippen LogP contribution < -0.4 is 0 Å². The van der Waals surface area contributed by atoms with E-state index in [1.54, 1.807) is 0 Å². The first kappa shape index (κ1) is 13.9. The Bertz CT molecular complexity index is 305. The number of rotatable bonds is 5. The molecule has 0 spiro atoms. The molecule has 1 saturated heterocycles. The second kappa shape index (κ2) is 5.60. The predicted octanol–water partition coefficient (Wildman–Crippen LogP) is 3.28. The van der Waals surface area contributed by atoms with Crippen LogP contribution in [-0.2, 0) is 4.79 Å². The van der Waals surface area contributed by atoms with Gasteiger partial charge in [0.25, 0.3) is 0 Å². The molecule has 1 N–H and O–H groups in total. The highest BCUT2D eigenvalue weighted by Gasteiger charge is 2.50. The van der Waals surface area contributed by atoms with Crippen molar-refractivity contribution in [3.8, 4) is 0 Å². The van der Waals surface area contributed by atoms with Crippen LogP contribution in [0.3, 0.4) is 0 Å². The third-order valence-corrected chi connectivity index (χ3v) is 5.13.